The summed E-state index contributed by atoms with van der Waals surface area (Å²) in [4.78, 5) is 13.3. The Morgan fingerprint density at radius 3 is 2.96 bits per heavy atom. The first-order valence-corrected chi connectivity index (χ1v) is 8.71. The molecule has 2 aromatic heterocycles. The number of anilines is 1. The Hall–Kier alpha value is -2.44. The van der Waals surface area contributed by atoms with E-state index in [0.29, 0.717) is 6.04 Å². The van der Waals surface area contributed by atoms with Crippen molar-refractivity contribution in [1.82, 2.24) is 15.1 Å². The highest BCUT2D eigenvalue weighted by Gasteiger charge is 2.07. The van der Waals surface area contributed by atoms with Crippen molar-refractivity contribution in [3.63, 3.8) is 0 Å². The Morgan fingerprint density at radius 2 is 2.21 bits per heavy atom. The minimum atomic E-state index is -0.0873. The van der Waals surface area contributed by atoms with Crippen molar-refractivity contribution < 1.29 is 4.79 Å². The molecule has 2 heterocycles. The number of aromatic nitrogens is 2. The van der Waals surface area contributed by atoms with Crippen LogP contribution in [0.3, 0.4) is 0 Å². The van der Waals surface area contributed by atoms with Crippen LogP contribution in [0.4, 0.5) is 5.69 Å². The van der Waals surface area contributed by atoms with Gasteiger partial charge >= 0.3 is 0 Å². The van der Waals surface area contributed by atoms with E-state index in [1.165, 1.54) is 4.88 Å². The van der Waals surface area contributed by atoms with Gasteiger partial charge in [0.15, 0.2) is 0 Å². The highest BCUT2D eigenvalue weighted by atomic mass is 32.1. The molecule has 1 atom stereocenters. The third-order valence-corrected chi connectivity index (χ3v) is 4.71. The fourth-order valence-electron chi connectivity index (χ4n) is 2.41. The summed E-state index contributed by atoms with van der Waals surface area (Å²) in [5.41, 5.74) is 1.94. The molecule has 0 bridgehead atoms. The molecule has 3 aromatic rings. The van der Waals surface area contributed by atoms with Crippen LogP contribution in [0.25, 0.3) is 0 Å². The fourth-order valence-corrected chi connectivity index (χ4v) is 3.17. The lowest BCUT2D eigenvalue weighted by atomic mass is 10.2. The van der Waals surface area contributed by atoms with Gasteiger partial charge in [0.2, 0.25) is 5.91 Å². The fraction of sp³-hybridized carbons (Fsp3) is 0.222. The van der Waals surface area contributed by atoms with E-state index in [-0.39, 0.29) is 12.5 Å². The van der Waals surface area contributed by atoms with E-state index in [4.69, 9.17) is 0 Å². The first-order valence-electron chi connectivity index (χ1n) is 7.84. The molecule has 0 aliphatic rings. The van der Waals surface area contributed by atoms with Gasteiger partial charge in [-0.1, -0.05) is 18.2 Å². The summed E-state index contributed by atoms with van der Waals surface area (Å²) in [7, 11) is 0. The monoisotopic (exact) mass is 340 g/mol. The molecule has 1 amide bonds. The van der Waals surface area contributed by atoms with Gasteiger partial charge in [-0.15, -0.1) is 11.3 Å². The molecule has 3 rings (SSSR count). The van der Waals surface area contributed by atoms with Crippen molar-refractivity contribution in [3.8, 4) is 0 Å². The summed E-state index contributed by atoms with van der Waals surface area (Å²) in [5, 5.41) is 12.5. The van der Waals surface area contributed by atoms with E-state index < -0.39 is 0 Å². The molecular weight excluding hydrogens is 320 g/mol. The number of amides is 1. The van der Waals surface area contributed by atoms with Gasteiger partial charge in [-0.3, -0.25) is 9.48 Å². The van der Waals surface area contributed by atoms with Gasteiger partial charge in [0.1, 0.15) is 6.54 Å². The van der Waals surface area contributed by atoms with Crippen molar-refractivity contribution in [3.05, 3.63) is 70.7 Å². The average molecular weight is 340 g/mol. The molecule has 124 valence electrons. The van der Waals surface area contributed by atoms with Gasteiger partial charge in [0.05, 0.1) is 0 Å². The predicted octanol–water partition coefficient (Wildman–Crippen LogP) is 3.43. The van der Waals surface area contributed by atoms with Gasteiger partial charge in [0.25, 0.3) is 0 Å². The van der Waals surface area contributed by atoms with Gasteiger partial charge in [-0.2, -0.15) is 5.10 Å². The SMILES string of the molecule is CC(NCc1cccc(NC(=O)Cn2cccn2)c1)c1cccs1. The van der Waals surface area contributed by atoms with E-state index in [2.05, 4.69) is 46.2 Å². The molecular formula is C18H20N4OS. The quantitative estimate of drug-likeness (QED) is 0.693. The Balaban J connectivity index is 1.54. The number of nitrogens with zero attached hydrogens (tertiary/aromatic N) is 2. The smallest absolute Gasteiger partial charge is 0.246 e. The summed E-state index contributed by atoms with van der Waals surface area (Å²) < 4.78 is 1.60. The third-order valence-electron chi connectivity index (χ3n) is 3.66. The summed E-state index contributed by atoms with van der Waals surface area (Å²) >= 11 is 1.75. The predicted molar refractivity (Wildman–Crippen MR) is 96.9 cm³/mol. The molecule has 2 N–H and O–H groups in total. The highest BCUT2D eigenvalue weighted by molar-refractivity contribution is 7.10. The maximum atomic E-state index is 12.0. The van der Waals surface area contributed by atoms with Crippen LogP contribution in [0.5, 0.6) is 0 Å². The Kier molecular flexibility index (Phi) is 5.40. The zero-order valence-electron chi connectivity index (χ0n) is 13.5. The average Bonchev–Trinajstić information content (AvgIpc) is 3.26. The zero-order chi connectivity index (χ0) is 16.8. The number of benzene rings is 1. The second-order valence-corrected chi connectivity index (χ2v) is 6.55. The van der Waals surface area contributed by atoms with Gasteiger partial charge in [0, 0.05) is 35.5 Å². The van der Waals surface area contributed by atoms with Gasteiger partial charge in [-0.25, -0.2) is 0 Å². The summed E-state index contributed by atoms with van der Waals surface area (Å²) in [6.45, 7) is 3.12. The first-order chi connectivity index (χ1) is 11.7. The van der Waals surface area contributed by atoms with E-state index >= 15 is 0 Å². The largest absolute Gasteiger partial charge is 0.324 e. The number of hydrogen-bond acceptors (Lipinski definition) is 4. The molecule has 0 radical (unpaired) electrons. The maximum Gasteiger partial charge on any atom is 0.246 e. The molecule has 24 heavy (non-hydrogen) atoms. The Labute approximate surface area is 145 Å². The molecule has 5 nitrogen and oxygen atoms in total. The molecule has 6 heteroatoms. The van der Waals surface area contributed by atoms with Crippen LogP contribution in [-0.4, -0.2) is 15.7 Å². The molecule has 0 saturated heterocycles. The minimum absolute atomic E-state index is 0.0873. The van der Waals surface area contributed by atoms with E-state index in [1.54, 1.807) is 34.5 Å². The van der Waals surface area contributed by atoms with Crippen LogP contribution >= 0.6 is 11.3 Å². The number of carbonyl (C=O) groups is 1. The molecule has 0 spiro atoms. The van der Waals surface area contributed by atoms with Crippen molar-refractivity contribution in [2.24, 2.45) is 0 Å². The molecule has 0 aliphatic heterocycles. The number of thiophene rings is 1. The summed E-state index contributed by atoms with van der Waals surface area (Å²) in [6, 6.07) is 14.2. The maximum absolute atomic E-state index is 12.0. The van der Waals surface area contributed by atoms with Crippen molar-refractivity contribution in [1.29, 1.82) is 0 Å². The van der Waals surface area contributed by atoms with E-state index in [9.17, 15) is 4.79 Å². The summed E-state index contributed by atoms with van der Waals surface area (Å²) in [5.74, 6) is -0.0873. The molecule has 0 aliphatic carbocycles. The number of nitrogens with one attached hydrogen (secondary N) is 2. The number of carbonyl (C=O) groups excluding carboxylic acids is 1. The van der Waals surface area contributed by atoms with Crippen LogP contribution in [0.15, 0.2) is 60.2 Å². The molecule has 1 unspecified atom stereocenters. The lowest BCUT2D eigenvalue weighted by molar-refractivity contribution is -0.116. The second kappa shape index (κ2) is 7.90. The lowest BCUT2D eigenvalue weighted by Crippen LogP contribution is -2.19. The van der Waals surface area contributed by atoms with Gasteiger partial charge < -0.3 is 10.6 Å². The van der Waals surface area contributed by atoms with Crippen molar-refractivity contribution in [2.45, 2.75) is 26.1 Å². The van der Waals surface area contributed by atoms with Crippen LogP contribution in [-0.2, 0) is 17.9 Å². The third kappa shape index (κ3) is 4.53. The normalized spacial score (nSPS) is 12.0. The zero-order valence-corrected chi connectivity index (χ0v) is 14.3. The van der Waals surface area contributed by atoms with Crippen LogP contribution in [0.1, 0.15) is 23.4 Å². The second-order valence-electron chi connectivity index (χ2n) is 5.57. The molecule has 0 fully saturated rings. The number of hydrogen-bond donors (Lipinski definition) is 2. The highest BCUT2D eigenvalue weighted by Crippen LogP contribution is 2.19. The molecule has 0 saturated carbocycles. The minimum Gasteiger partial charge on any atom is -0.324 e. The number of rotatable bonds is 7. The summed E-state index contributed by atoms with van der Waals surface area (Å²) in [6.07, 6.45) is 3.43. The van der Waals surface area contributed by atoms with Gasteiger partial charge in [-0.05, 0) is 42.1 Å². The van der Waals surface area contributed by atoms with E-state index in [1.807, 2.05) is 18.2 Å². The van der Waals surface area contributed by atoms with Crippen LogP contribution < -0.4 is 10.6 Å². The topological polar surface area (TPSA) is 58.9 Å². The van der Waals surface area contributed by atoms with Crippen molar-refractivity contribution >= 4 is 22.9 Å². The van der Waals surface area contributed by atoms with E-state index in [0.717, 1.165) is 17.8 Å². The Morgan fingerprint density at radius 1 is 1.29 bits per heavy atom. The first kappa shape index (κ1) is 16.4. The Bertz CT molecular complexity index is 768. The van der Waals surface area contributed by atoms with Crippen LogP contribution in [0, 0.1) is 0 Å². The van der Waals surface area contributed by atoms with Crippen molar-refractivity contribution in [2.75, 3.05) is 5.32 Å². The lowest BCUT2D eigenvalue weighted by Gasteiger charge is -2.13. The molecule has 1 aromatic carbocycles. The standard InChI is InChI=1S/C18H20N4OS/c1-14(17-7-3-10-24-17)19-12-15-5-2-6-16(11-15)21-18(23)13-22-9-4-8-20-22/h2-11,14,19H,12-13H2,1H3,(H,21,23). The van der Waals surface area contributed by atoms with Crippen LogP contribution in [0.2, 0.25) is 0 Å².